The third-order valence-corrected chi connectivity index (χ3v) is 4.40. The fourth-order valence-electron chi connectivity index (χ4n) is 3.05. The Hall–Kier alpha value is -0.120. The van der Waals surface area contributed by atoms with Crippen molar-refractivity contribution in [2.24, 2.45) is 11.8 Å². The van der Waals surface area contributed by atoms with Crippen LogP contribution in [0, 0.1) is 11.8 Å². The third kappa shape index (κ3) is 4.57. The van der Waals surface area contributed by atoms with Gasteiger partial charge >= 0.3 is 0 Å². The highest BCUT2D eigenvalue weighted by Gasteiger charge is 2.20. The van der Waals surface area contributed by atoms with E-state index in [1.807, 2.05) is 0 Å². The number of hydrogen-bond acceptors (Lipinski definition) is 3. The molecule has 3 heteroatoms. The fraction of sp³-hybridized carbons (Fsp3) is 1.00. The molecule has 2 atom stereocenters. The van der Waals surface area contributed by atoms with Gasteiger partial charge in [0.25, 0.3) is 0 Å². The molecule has 0 aromatic carbocycles. The van der Waals surface area contributed by atoms with Crippen LogP contribution in [0.5, 0.6) is 0 Å². The molecule has 1 aliphatic carbocycles. The van der Waals surface area contributed by atoms with Gasteiger partial charge in [-0.25, -0.2) is 0 Å². The van der Waals surface area contributed by atoms with Crippen molar-refractivity contribution < 1.29 is 4.74 Å². The van der Waals surface area contributed by atoms with Gasteiger partial charge in [-0.1, -0.05) is 26.2 Å². The summed E-state index contributed by atoms with van der Waals surface area (Å²) in [5, 5.41) is 3.65. The summed E-state index contributed by atoms with van der Waals surface area (Å²) in [5.41, 5.74) is 0. The Morgan fingerprint density at radius 3 is 2.71 bits per heavy atom. The van der Waals surface area contributed by atoms with E-state index in [1.54, 1.807) is 0 Å². The highest BCUT2D eigenvalue weighted by atomic mass is 16.5. The van der Waals surface area contributed by atoms with Gasteiger partial charge in [-0.15, -0.1) is 0 Å². The largest absolute Gasteiger partial charge is 0.379 e. The maximum atomic E-state index is 5.35. The zero-order valence-corrected chi connectivity index (χ0v) is 11.3. The Morgan fingerprint density at radius 2 is 1.94 bits per heavy atom. The zero-order chi connectivity index (χ0) is 11.9. The molecule has 0 radical (unpaired) electrons. The second kappa shape index (κ2) is 7.34. The summed E-state index contributed by atoms with van der Waals surface area (Å²) in [6, 6.07) is 0. The molecule has 3 nitrogen and oxygen atoms in total. The molecule has 2 unspecified atom stereocenters. The predicted octanol–water partition coefficient (Wildman–Crippen LogP) is 1.73. The van der Waals surface area contributed by atoms with E-state index in [1.165, 1.54) is 38.8 Å². The first-order valence-corrected chi connectivity index (χ1v) is 7.37. The molecule has 17 heavy (non-hydrogen) atoms. The van der Waals surface area contributed by atoms with Crippen molar-refractivity contribution in [3.05, 3.63) is 0 Å². The molecule has 2 rings (SSSR count). The van der Waals surface area contributed by atoms with Crippen LogP contribution in [0.25, 0.3) is 0 Å². The lowest BCUT2D eigenvalue weighted by Crippen LogP contribution is -2.41. The topological polar surface area (TPSA) is 24.5 Å². The Bertz CT molecular complexity index is 204. The second-order valence-corrected chi connectivity index (χ2v) is 5.68. The summed E-state index contributed by atoms with van der Waals surface area (Å²) in [6.07, 6.45) is 5.77. The number of morpholine rings is 1. The molecule has 1 saturated heterocycles. The summed E-state index contributed by atoms with van der Waals surface area (Å²) in [4.78, 5) is 2.50. The molecule has 0 amide bonds. The van der Waals surface area contributed by atoms with Gasteiger partial charge in [0.2, 0.25) is 0 Å². The summed E-state index contributed by atoms with van der Waals surface area (Å²) in [6.45, 7) is 10.0. The van der Waals surface area contributed by atoms with Crippen LogP contribution in [0.2, 0.25) is 0 Å². The van der Waals surface area contributed by atoms with Crippen molar-refractivity contribution in [1.82, 2.24) is 10.2 Å². The number of hydrogen-bond donors (Lipinski definition) is 1. The number of nitrogens with one attached hydrogen (secondary N) is 1. The third-order valence-electron chi connectivity index (χ3n) is 4.40. The van der Waals surface area contributed by atoms with Crippen LogP contribution >= 0.6 is 0 Å². The van der Waals surface area contributed by atoms with Gasteiger partial charge in [-0.05, 0) is 24.8 Å². The van der Waals surface area contributed by atoms with Crippen LogP contribution in [-0.2, 0) is 4.74 Å². The summed E-state index contributed by atoms with van der Waals surface area (Å²) in [5.74, 6) is 1.85. The standard InChI is InChI=1S/C14H28N2O/c1-13-4-2-3-5-14(13)12-15-6-7-16-8-10-17-11-9-16/h13-15H,2-12H2,1H3. The molecule has 100 valence electrons. The minimum Gasteiger partial charge on any atom is -0.379 e. The van der Waals surface area contributed by atoms with Gasteiger partial charge in [-0.3, -0.25) is 4.90 Å². The molecule has 1 aliphatic heterocycles. The second-order valence-electron chi connectivity index (χ2n) is 5.68. The van der Waals surface area contributed by atoms with E-state index in [0.717, 1.165) is 44.7 Å². The minimum atomic E-state index is 0.916. The number of nitrogens with zero attached hydrogens (tertiary/aromatic N) is 1. The fourth-order valence-corrected chi connectivity index (χ4v) is 3.05. The molecular formula is C14H28N2O. The Kier molecular flexibility index (Phi) is 5.75. The lowest BCUT2D eigenvalue weighted by molar-refractivity contribution is 0.0382. The van der Waals surface area contributed by atoms with Crippen LogP contribution in [-0.4, -0.2) is 50.8 Å². The summed E-state index contributed by atoms with van der Waals surface area (Å²) >= 11 is 0. The molecule has 2 fully saturated rings. The molecule has 1 N–H and O–H groups in total. The quantitative estimate of drug-likeness (QED) is 0.741. The monoisotopic (exact) mass is 240 g/mol. The minimum absolute atomic E-state index is 0.916. The maximum absolute atomic E-state index is 5.35. The molecule has 0 aromatic heterocycles. The Balaban J connectivity index is 1.53. The molecule has 0 spiro atoms. The first-order chi connectivity index (χ1) is 8.36. The smallest absolute Gasteiger partial charge is 0.0594 e. The van der Waals surface area contributed by atoms with Gasteiger partial charge in [0, 0.05) is 26.2 Å². The average Bonchev–Trinajstić information content (AvgIpc) is 2.38. The number of ether oxygens (including phenoxy) is 1. The lowest BCUT2D eigenvalue weighted by Gasteiger charge is -2.30. The van der Waals surface area contributed by atoms with Crippen molar-refractivity contribution in [3.8, 4) is 0 Å². The zero-order valence-electron chi connectivity index (χ0n) is 11.3. The van der Waals surface area contributed by atoms with Crippen molar-refractivity contribution in [2.75, 3.05) is 45.9 Å². The van der Waals surface area contributed by atoms with Crippen molar-refractivity contribution in [3.63, 3.8) is 0 Å². The van der Waals surface area contributed by atoms with E-state index >= 15 is 0 Å². The van der Waals surface area contributed by atoms with E-state index in [2.05, 4.69) is 17.1 Å². The lowest BCUT2D eigenvalue weighted by atomic mass is 9.80. The summed E-state index contributed by atoms with van der Waals surface area (Å²) < 4.78 is 5.35. The Morgan fingerprint density at radius 1 is 1.18 bits per heavy atom. The van der Waals surface area contributed by atoms with Gasteiger partial charge in [-0.2, -0.15) is 0 Å². The first kappa shape index (κ1) is 13.3. The van der Waals surface area contributed by atoms with E-state index < -0.39 is 0 Å². The van der Waals surface area contributed by atoms with Crippen molar-refractivity contribution in [2.45, 2.75) is 32.6 Å². The van der Waals surface area contributed by atoms with Crippen LogP contribution in [0.15, 0.2) is 0 Å². The van der Waals surface area contributed by atoms with Crippen LogP contribution < -0.4 is 5.32 Å². The van der Waals surface area contributed by atoms with E-state index in [9.17, 15) is 0 Å². The highest BCUT2D eigenvalue weighted by molar-refractivity contribution is 4.74. The van der Waals surface area contributed by atoms with E-state index in [4.69, 9.17) is 4.74 Å². The van der Waals surface area contributed by atoms with Crippen LogP contribution in [0.3, 0.4) is 0 Å². The summed E-state index contributed by atoms with van der Waals surface area (Å²) in [7, 11) is 0. The van der Waals surface area contributed by atoms with Gasteiger partial charge in [0.1, 0.15) is 0 Å². The van der Waals surface area contributed by atoms with Crippen LogP contribution in [0.1, 0.15) is 32.6 Å². The van der Waals surface area contributed by atoms with Crippen LogP contribution in [0.4, 0.5) is 0 Å². The molecule has 1 saturated carbocycles. The maximum Gasteiger partial charge on any atom is 0.0594 e. The van der Waals surface area contributed by atoms with Gasteiger partial charge < -0.3 is 10.1 Å². The Labute approximate surface area is 106 Å². The molecular weight excluding hydrogens is 212 g/mol. The molecule has 0 aromatic rings. The van der Waals surface area contributed by atoms with Crippen molar-refractivity contribution >= 4 is 0 Å². The first-order valence-electron chi connectivity index (χ1n) is 7.37. The number of rotatable bonds is 5. The van der Waals surface area contributed by atoms with E-state index in [-0.39, 0.29) is 0 Å². The predicted molar refractivity (Wildman–Crippen MR) is 71.3 cm³/mol. The van der Waals surface area contributed by atoms with Gasteiger partial charge in [0.05, 0.1) is 13.2 Å². The SMILES string of the molecule is CC1CCCCC1CNCCN1CCOCC1. The van der Waals surface area contributed by atoms with Gasteiger partial charge in [0.15, 0.2) is 0 Å². The average molecular weight is 240 g/mol. The molecule has 2 aliphatic rings. The molecule has 1 heterocycles. The molecule has 0 bridgehead atoms. The van der Waals surface area contributed by atoms with E-state index in [0.29, 0.717) is 0 Å². The van der Waals surface area contributed by atoms with Crippen molar-refractivity contribution in [1.29, 1.82) is 0 Å². The highest BCUT2D eigenvalue weighted by Crippen LogP contribution is 2.28. The normalized spacial score (nSPS) is 31.6.